The number of aromatic nitrogens is 2. The van der Waals surface area contributed by atoms with Crippen molar-refractivity contribution in [3.63, 3.8) is 0 Å². The Hall–Kier alpha value is -1.73. The molecular formula is C9H14N4O3. The maximum atomic E-state index is 11.8. The minimum atomic E-state index is -1.35. The van der Waals surface area contributed by atoms with Gasteiger partial charge in [0.1, 0.15) is 6.04 Å². The number of carboxylic acids is 1. The van der Waals surface area contributed by atoms with E-state index in [2.05, 4.69) is 9.97 Å². The highest BCUT2D eigenvalue weighted by Gasteiger charge is 2.34. The van der Waals surface area contributed by atoms with Gasteiger partial charge in [0.05, 0.1) is 24.0 Å². The monoisotopic (exact) mass is 226 g/mol. The molecule has 6 N–H and O–H groups in total. The second-order valence-electron chi connectivity index (χ2n) is 3.53. The normalized spacial score (nSPS) is 16.4. The first-order valence-electron chi connectivity index (χ1n) is 4.71. The van der Waals surface area contributed by atoms with Crippen LogP contribution in [0.15, 0.2) is 12.5 Å². The van der Waals surface area contributed by atoms with Crippen LogP contribution in [0, 0.1) is 0 Å². The van der Waals surface area contributed by atoms with E-state index in [1.54, 1.807) is 0 Å². The first kappa shape index (κ1) is 12.3. The zero-order chi connectivity index (χ0) is 12.3. The van der Waals surface area contributed by atoms with E-state index in [0.29, 0.717) is 0 Å². The summed E-state index contributed by atoms with van der Waals surface area (Å²) in [5, 5.41) is 8.83. The minimum absolute atomic E-state index is 0.289. The molecule has 0 bridgehead atoms. The van der Waals surface area contributed by atoms with Crippen LogP contribution in [-0.2, 0) is 9.59 Å². The number of hydrogen-bond acceptors (Lipinski definition) is 5. The summed E-state index contributed by atoms with van der Waals surface area (Å²) in [5.74, 6) is -2.73. The molecule has 0 fully saturated rings. The van der Waals surface area contributed by atoms with E-state index in [1.165, 1.54) is 19.4 Å². The van der Waals surface area contributed by atoms with Crippen molar-refractivity contribution in [3.05, 3.63) is 18.2 Å². The summed E-state index contributed by atoms with van der Waals surface area (Å²) < 4.78 is 0. The Kier molecular flexibility index (Phi) is 3.75. The molecule has 7 heteroatoms. The molecule has 1 rings (SSSR count). The lowest BCUT2D eigenvalue weighted by Gasteiger charge is -2.19. The van der Waals surface area contributed by atoms with Crippen molar-refractivity contribution >= 4 is 11.8 Å². The summed E-state index contributed by atoms with van der Waals surface area (Å²) in [6, 6.07) is -2.13. The standard InChI is InChI=1S/C9H14N4O3/c1-4(10)8(14)6(7(11)9(15)16)5-2-12-3-13-5/h2-4,6-7H,10-11H2,1H3,(H,12,13)(H,15,16)/t4-,6?,7-/m0/s1. The van der Waals surface area contributed by atoms with Crippen molar-refractivity contribution in [1.82, 2.24) is 9.97 Å². The summed E-state index contributed by atoms with van der Waals surface area (Å²) in [5.41, 5.74) is 11.2. The Morgan fingerprint density at radius 3 is 2.50 bits per heavy atom. The predicted octanol–water partition coefficient (Wildman–Crippen LogP) is -1.18. The largest absolute Gasteiger partial charge is 0.480 e. The Balaban J connectivity index is 3.04. The molecule has 16 heavy (non-hydrogen) atoms. The molecule has 7 nitrogen and oxygen atoms in total. The molecule has 1 unspecified atom stereocenters. The Morgan fingerprint density at radius 1 is 1.50 bits per heavy atom. The number of nitrogens with one attached hydrogen (secondary N) is 1. The summed E-state index contributed by atoms with van der Waals surface area (Å²) in [6.07, 6.45) is 2.79. The molecule has 88 valence electrons. The number of nitrogens with two attached hydrogens (primary N) is 2. The highest BCUT2D eigenvalue weighted by Crippen LogP contribution is 2.18. The number of carbonyl (C=O) groups excluding carboxylic acids is 1. The summed E-state index contributed by atoms with van der Waals surface area (Å²) in [7, 11) is 0. The van der Waals surface area contributed by atoms with Crippen LogP contribution < -0.4 is 11.5 Å². The van der Waals surface area contributed by atoms with E-state index in [-0.39, 0.29) is 5.69 Å². The molecular weight excluding hydrogens is 212 g/mol. The number of nitrogens with zero attached hydrogens (tertiary/aromatic N) is 1. The third-order valence-corrected chi connectivity index (χ3v) is 2.24. The number of carboxylic acid groups (broad SMARTS) is 1. The third-order valence-electron chi connectivity index (χ3n) is 2.24. The van der Waals surface area contributed by atoms with Crippen molar-refractivity contribution in [2.24, 2.45) is 11.5 Å². The van der Waals surface area contributed by atoms with Crippen LogP contribution in [-0.4, -0.2) is 38.9 Å². The van der Waals surface area contributed by atoms with Gasteiger partial charge in [0.2, 0.25) is 0 Å². The van der Waals surface area contributed by atoms with Crippen LogP contribution in [0.25, 0.3) is 0 Å². The second kappa shape index (κ2) is 4.86. The highest BCUT2D eigenvalue weighted by molar-refractivity contribution is 5.94. The molecule has 0 aliphatic heterocycles. The van der Waals surface area contributed by atoms with Crippen molar-refractivity contribution in [2.75, 3.05) is 0 Å². The lowest BCUT2D eigenvalue weighted by molar-refractivity contribution is -0.141. The van der Waals surface area contributed by atoms with Gasteiger partial charge in [-0.1, -0.05) is 0 Å². The SMILES string of the molecule is C[C@H](N)C(=O)C(c1c[nH]cn1)[C@H](N)C(=O)O. The molecule has 0 aliphatic rings. The summed E-state index contributed by atoms with van der Waals surface area (Å²) in [4.78, 5) is 29.1. The minimum Gasteiger partial charge on any atom is -0.480 e. The van der Waals surface area contributed by atoms with Gasteiger partial charge in [-0.15, -0.1) is 0 Å². The maximum absolute atomic E-state index is 11.8. The van der Waals surface area contributed by atoms with Gasteiger partial charge < -0.3 is 21.6 Å². The second-order valence-corrected chi connectivity index (χ2v) is 3.53. The fourth-order valence-electron chi connectivity index (χ4n) is 1.37. The van der Waals surface area contributed by atoms with Gasteiger partial charge >= 0.3 is 5.97 Å². The number of Topliss-reactive ketones (excluding diaryl/α,β-unsaturated/α-hetero) is 1. The van der Waals surface area contributed by atoms with Crippen LogP contribution in [0.1, 0.15) is 18.5 Å². The van der Waals surface area contributed by atoms with E-state index in [1.807, 2.05) is 0 Å². The molecule has 1 heterocycles. The number of hydrogen-bond donors (Lipinski definition) is 4. The van der Waals surface area contributed by atoms with Crippen LogP contribution in [0.4, 0.5) is 0 Å². The molecule has 0 amide bonds. The lowest BCUT2D eigenvalue weighted by atomic mass is 9.89. The van der Waals surface area contributed by atoms with E-state index in [0.717, 1.165) is 0 Å². The van der Waals surface area contributed by atoms with Crippen molar-refractivity contribution in [3.8, 4) is 0 Å². The molecule has 0 saturated heterocycles. The molecule has 0 saturated carbocycles. The van der Waals surface area contributed by atoms with Crippen LogP contribution in [0.2, 0.25) is 0 Å². The molecule has 1 aromatic heterocycles. The average Bonchev–Trinajstić information content (AvgIpc) is 2.70. The van der Waals surface area contributed by atoms with Crippen molar-refractivity contribution in [2.45, 2.75) is 24.9 Å². The lowest BCUT2D eigenvalue weighted by Crippen LogP contribution is -2.45. The van der Waals surface area contributed by atoms with Crippen LogP contribution in [0.5, 0.6) is 0 Å². The Morgan fingerprint density at radius 2 is 2.12 bits per heavy atom. The predicted molar refractivity (Wildman–Crippen MR) is 55.6 cm³/mol. The number of rotatable bonds is 5. The molecule has 1 aromatic rings. The maximum Gasteiger partial charge on any atom is 0.321 e. The quantitative estimate of drug-likeness (QED) is 0.499. The smallest absolute Gasteiger partial charge is 0.321 e. The topological polar surface area (TPSA) is 135 Å². The fraction of sp³-hybridized carbons (Fsp3) is 0.444. The van der Waals surface area contributed by atoms with E-state index >= 15 is 0 Å². The fourth-order valence-corrected chi connectivity index (χ4v) is 1.37. The van der Waals surface area contributed by atoms with Gasteiger partial charge in [0, 0.05) is 6.20 Å². The number of aromatic amines is 1. The van der Waals surface area contributed by atoms with E-state index in [9.17, 15) is 9.59 Å². The number of carbonyl (C=O) groups is 2. The molecule has 0 radical (unpaired) electrons. The van der Waals surface area contributed by atoms with Crippen LogP contribution in [0.3, 0.4) is 0 Å². The first-order valence-corrected chi connectivity index (χ1v) is 4.71. The third kappa shape index (κ3) is 2.44. The van der Waals surface area contributed by atoms with E-state index in [4.69, 9.17) is 16.6 Å². The van der Waals surface area contributed by atoms with Gasteiger partial charge in [-0.25, -0.2) is 4.98 Å². The summed E-state index contributed by atoms with van der Waals surface area (Å²) >= 11 is 0. The van der Waals surface area contributed by atoms with Gasteiger partial charge in [0.15, 0.2) is 5.78 Å². The van der Waals surface area contributed by atoms with E-state index < -0.39 is 29.8 Å². The number of H-pyrrole nitrogens is 1. The zero-order valence-corrected chi connectivity index (χ0v) is 8.75. The first-order chi connectivity index (χ1) is 7.45. The summed E-state index contributed by atoms with van der Waals surface area (Å²) in [6.45, 7) is 1.48. The van der Waals surface area contributed by atoms with Gasteiger partial charge in [0.25, 0.3) is 0 Å². The number of aliphatic carboxylic acids is 1. The van der Waals surface area contributed by atoms with Gasteiger partial charge in [-0.3, -0.25) is 9.59 Å². The highest BCUT2D eigenvalue weighted by atomic mass is 16.4. The Labute approximate surface area is 91.8 Å². The average molecular weight is 226 g/mol. The number of ketones is 1. The van der Waals surface area contributed by atoms with Gasteiger partial charge in [-0.2, -0.15) is 0 Å². The molecule has 0 spiro atoms. The Bertz CT molecular complexity index is 374. The number of imidazole rings is 1. The zero-order valence-electron chi connectivity index (χ0n) is 8.75. The molecule has 3 atom stereocenters. The van der Waals surface area contributed by atoms with Crippen molar-refractivity contribution < 1.29 is 14.7 Å². The van der Waals surface area contributed by atoms with Crippen molar-refractivity contribution in [1.29, 1.82) is 0 Å². The van der Waals surface area contributed by atoms with Crippen LogP contribution >= 0.6 is 0 Å². The molecule has 0 aliphatic carbocycles. The molecule has 0 aromatic carbocycles. The van der Waals surface area contributed by atoms with Gasteiger partial charge in [-0.05, 0) is 6.92 Å².